The molecule has 1 aliphatic rings. The Balaban J connectivity index is 2.57. The zero-order valence-electron chi connectivity index (χ0n) is 8.67. The maximum absolute atomic E-state index is 11.9. The van der Waals surface area contributed by atoms with Crippen molar-refractivity contribution in [3.63, 3.8) is 0 Å². The summed E-state index contributed by atoms with van der Waals surface area (Å²) in [5.74, 6) is 0.0152. The Morgan fingerprint density at radius 3 is 2.62 bits per heavy atom. The lowest BCUT2D eigenvalue weighted by Crippen LogP contribution is -2.38. The van der Waals surface area contributed by atoms with Gasteiger partial charge in [0, 0.05) is 13.7 Å². The third-order valence-corrected chi connectivity index (χ3v) is 1.92. The van der Waals surface area contributed by atoms with E-state index in [1.54, 1.807) is 6.08 Å². The predicted molar refractivity (Wildman–Crippen MR) is 51.2 cm³/mol. The molecule has 0 fully saturated rings. The van der Waals surface area contributed by atoms with Crippen molar-refractivity contribution in [3.05, 3.63) is 23.6 Å². The van der Waals surface area contributed by atoms with Gasteiger partial charge < -0.3 is 20.5 Å². The van der Waals surface area contributed by atoms with E-state index in [0.717, 1.165) is 5.57 Å². The van der Waals surface area contributed by atoms with Crippen LogP contribution >= 0.6 is 0 Å². The molecule has 0 spiro atoms. The highest BCUT2D eigenvalue weighted by molar-refractivity contribution is 5.24. The molecule has 0 aliphatic carbocycles. The van der Waals surface area contributed by atoms with Crippen molar-refractivity contribution in [1.82, 2.24) is 5.32 Å². The molecular weight excluding hydrogens is 225 g/mol. The van der Waals surface area contributed by atoms with Crippen LogP contribution in [0.4, 0.5) is 13.2 Å². The molecule has 0 aromatic rings. The van der Waals surface area contributed by atoms with Crippen LogP contribution in [0.25, 0.3) is 0 Å². The van der Waals surface area contributed by atoms with Crippen molar-refractivity contribution in [2.45, 2.75) is 12.4 Å². The molecule has 16 heavy (non-hydrogen) atoms. The first-order chi connectivity index (χ1) is 7.46. The lowest BCUT2D eigenvalue weighted by molar-refractivity contribution is -0.167. The Bertz CT molecular complexity index is 300. The second-order valence-electron chi connectivity index (χ2n) is 3.14. The van der Waals surface area contributed by atoms with Crippen LogP contribution in [0, 0.1) is 0 Å². The molecule has 0 amide bonds. The molecule has 0 saturated carbocycles. The zero-order valence-corrected chi connectivity index (χ0v) is 8.67. The number of nitrogens with one attached hydrogen (secondary N) is 1. The highest BCUT2D eigenvalue weighted by atomic mass is 19.4. The van der Waals surface area contributed by atoms with Gasteiger partial charge in [-0.2, -0.15) is 13.2 Å². The summed E-state index contributed by atoms with van der Waals surface area (Å²) in [6.45, 7) is -1.08. The number of allylic oxidation sites excluding steroid dienone is 2. The SMILES string of the molecule is COC1NC(OCC(F)(F)F)=CC=C1CN. The highest BCUT2D eigenvalue weighted by Gasteiger charge is 2.29. The third kappa shape index (κ3) is 3.74. The minimum atomic E-state index is -4.36. The lowest BCUT2D eigenvalue weighted by Gasteiger charge is -2.25. The molecule has 0 aromatic heterocycles. The van der Waals surface area contributed by atoms with Gasteiger partial charge in [0.2, 0.25) is 0 Å². The first-order valence-electron chi connectivity index (χ1n) is 4.56. The van der Waals surface area contributed by atoms with Crippen LogP contribution in [-0.4, -0.2) is 32.7 Å². The van der Waals surface area contributed by atoms with Gasteiger partial charge in [-0.3, -0.25) is 0 Å². The van der Waals surface area contributed by atoms with E-state index >= 15 is 0 Å². The molecule has 1 unspecified atom stereocenters. The maximum Gasteiger partial charge on any atom is 0.422 e. The maximum atomic E-state index is 11.9. The fourth-order valence-electron chi connectivity index (χ4n) is 1.17. The predicted octanol–water partition coefficient (Wildman–Crippen LogP) is 0.868. The van der Waals surface area contributed by atoms with Gasteiger partial charge in [0.05, 0.1) is 0 Å². The van der Waals surface area contributed by atoms with Crippen LogP contribution in [0.1, 0.15) is 0 Å². The summed E-state index contributed by atoms with van der Waals surface area (Å²) >= 11 is 0. The molecule has 3 N–H and O–H groups in total. The summed E-state index contributed by atoms with van der Waals surface area (Å²) in [5, 5.41) is 2.65. The Morgan fingerprint density at radius 1 is 1.44 bits per heavy atom. The Labute approximate surface area is 90.9 Å². The van der Waals surface area contributed by atoms with Gasteiger partial charge in [0.1, 0.15) is 0 Å². The first-order valence-corrected chi connectivity index (χ1v) is 4.56. The van der Waals surface area contributed by atoms with Gasteiger partial charge in [-0.15, -0.1) is 0 Å². The number of hydrogen-bond acceptors (Lipinski definition) is 4. The van der Waals surface area contributed by atoms with E-state index in [0.29, 0.717) is 0 Å². The van der Waals surface area contributed by atoms with Crippen LogP contribution in [0.5, 0.6) is 0 Å². The van der Waals surface area contributed by atoms with E-state index < -0.39 is 19.0 Å². The van der Waals surface area contributed by atoms with Crippen LogP contribution in [0.3, 0.4) is 0 Å². The summed E-state index contributed by atoms with van der Waals surface area (Å²) in [6, 6.07) is 0. The minimum Gasteiger partial charge on any atom is -0.470 e. The molecule has 0 radical (unpaired) electrons. The molecule has 4 nitrogen and oxygen atoms in total. The molecule has 0 aromatic carbocycles. The fraction of sp³-hybridized carbons (Fsp3) is 0.556. The molecule has 1 aliphatic heterocycles. The smallest absolute Gasteiger partial charge is 0.422 e. The van der Waals surface area contributed by atoms with E-state index in [2.05, 4.69) is 10.1 Å². The Hall–Kier alpha value is -1.21. The largest absolute Gasteiger partial charge is 0.470 e. The third-order valence-electron chi connectivity index (χ3n) is 1.92. The van der Waals surface area contributed by atoms with Crippen LogP contribution < -0.4 is 11.1 Å². The fourth-order valence-corrected chi connectivity index (χ4v) is 1.17. The van der Waals surface area contributed by atoms with Gasteiger partial charge >= 0.3 is 6.18 Å². The van der Waals surface area contributed by atoms with E-state index in [4.69, 9.17) is 10.5 Å². The highest BCUT2D eigenvalue weighted by Crippen LogP contribution is 2.18. The van der Waals surface area contributed by atoms with E-state index in [9.17, 15) is 13.2 Å². The number of rotatable bonds is 4. The minimum absolute atomic E-state index is 0.0152. The summed E-state index contributed by atoms with van der Waals surface area (Å²) in [6.07, 6.45) is -1.93. The number of ether oxygens (including phenoxy) is 2. The Kier molecular flexibility index (Phi) is 4.19. The average molecular weight is 238 g/mol. The molecule has 1 heterocycles. The zero-order chi connectivity index (χ0) is 12.2. The van der Waals surface area contributed by atoms with Crippen molar-refractivity contribution in [1.29, 1.82) is 0 Å². The van der Waals surface area contributed by atoms with Crippen molar-refractivity contribution in [2.24, 2.45) is 5.73 Å². The summed E-state index contributed by atoms with van der Waals surface area (Å²) < 4.78 is 45.2. The molecule has 92 valence electrons. The average Bonchev–Trinajstić information content (AvgIpc) is 2.25. The molecule has 7 heteroatoms. The van der Waals surface area contributed by atoms with Crippen molar-refractivity contribution in [2.75, 3.05) is 20.3 Å². The summed E-state index contributed by atoms with van der Waals surface area (Å²) in [4.78, 5) is 0. The normalized spacial score (nSPS) is 20.9. The number of halogens is 3. The second kappa shape index (κ2) is 5.22. The Morgan fingerprint density at radius 2 is 2.12 bits per heavy atom. The lowest BCUT2D eigenvalue weighted by atomic mass is 10.2. The molecule has 0 bridgehead atoms. The number of hydrogen-bond donors (Lipinski definition) is 2. The van der Waals surface area contributed by atoms with E-state index in [1.165, 1.54) is 13.2 Å². The van der Waals surface area contributed by atoms with E-state index in [-0.39, 0.29) is 12.4 Å². The van der Waals surface area contributed by atoms with Gasteiger partial charge in [-0.05, 0) is 11.6 Å². The standard InChI is InChI=1S/C9H13F3N2O2/c1-15-8-6(4-13)2-3-7(14-8)16-5-9(10,11)12/h2-3,8,14H,4-5,13H2,1H3. The van der Waals surface area contributed by atoms with Crippen LogP contribution in [0.2, 0.25) is 0 Å². The van der Waals surface area contributed by atoms with Gasteiger partial charge in [-0.25, -0.2) is 0 Å². The molecular formula is C9H13F3N2O2. The van der Waals surface area contributed by atoms with Gasteiger partial charge in [0.25, 0.3) is 0 Å². The topological polar surface area (TPSA) is 56.5 Å². The molecule has 0 saturated heterocycles. The number of alkyl halides is 3. The van der Waals surface area contributed by atoms with Crippen molar-refractivity contribution in [3.8, 4) is 0 Å². The first kappa shape index (κ1) is 12.9. The molecule has 1 rings (SSSR count). The van der Waals surface area contributed by atoms with Gasteiger partial charge in [-0.1, -0.05) is 6.08 Å². The van der Waals surface area contributed by atoms with Crippen molar-refractivity contribution >= 4 is 0 Å². The van der Waals surface area contributed by atoms with Crippen LogP contribution in [-0.2, 0) is 9.47 Å². The summed E-state index contributed by atoms with van der Waals surface area (Å²) in [5.41, 5.74) is 6.16. The molecule has 1 atom stereocenters. The van der Waals surface area contributed by atoms with Crippen molar-refractivity contribution < 1.29 is 22.6 Å². The monoisotopic (exact) mass is 238 g/mol. The summed E-state index contributed by atoms with van der Waals surface area (Å²) in [7, 11) is 1.42. The quantitative estimate of drug-likeness (QED) is 0.763. The number of dihydropyridines is 1. The van der Waals surface area contributed by atoms with E-state index in [1.807, 2.05) is 0 Å². The second-order valence-corrected chi connectivity index (χ2v) is 3.14. The number of nitrogens with two attached hydrogens (primary N) is 1. The van der Waals surface area contributed by atoms with Gasteiger partial charge in [0.15, 0.2) is 18.7 Å². The van der Waals surface area contributed by atoms with Crippen LogP contribution in [0.15, 0.2) is 23.6 Å². The number of methoxy groups -OCH3 is 1.